The molecule has 0 aliphatic carbocycles. The van der Waals surface area contributed by atoms with Crippen LogP contribution in [0, 0.1) is 26.6 Å². The highest BCUT2D eigenvalue weighted by molar-refractivity contribution is 5.61. The topological polar surface area (TPSA) is 44.3 Å². The summed E-state index contributed by atoms with van der Waals surface area (Å²) < 4.78 is 13.2. The van der Waals surface area contributed by atoms with Crippen molar-refractivity contribution in [3.8, 4) is 0 Å². The number of rotatable bonds is 4. The summed E-state index contributed by atoms with van der Waals surface area (Å²) in [6, 6.07) is 14.9. The summed E-state index contributed by atoms with van der Waals surface area (Å²) in [5, 5.41) is 3.38. The number of hydrogen-bond acceptors (Lipinski definition) is 5. The Kier molecular flexibility index (Phi) is 5.34. The average Bonchev–Trinajstić information content (AvgIpc) is 2.72. The van der Waals surface area contributed by atoms with Gasteiger partial charge in [0.05, 0.1) is 0 Å². The van der Waals surface area contributed by atoms with Crippen molar-refractivity contribution in [2.24, 2.45) is 0 Å². The molecule has 0 saturated carbocycles. The van der Waals surface area contributed by atoms with Gasteiger partial charge in [0.15, 0.2) is 0 Å². The molecule has 5 nitrogen and oxygen atoms in total. The van der Waals surface area contributed by atoms with Crippen LogP contribution in [0.5, 0.6) is 0 Å². The van der Waals surface area contributed by atoms with Gasteiger partial charge in [0, 0.05) is 49.3 Å². The summed E-state index contributed by atoms with van der Waals surface area (Å²) >= 11 is 0. The summed E-state index contributed by atoms with van der Waals surface area (Å²) in [4.78, 5) is 13.9. The van der Waals surface area contributed by atoms with Crippen molar-refractivity contribution in [3.63, 3.8) is 0 Å². The molecule has 1 aromatic heterocycles. The third-order valence-electron chi connectivity index (χ3n) is 5.49. The van der Waals surface area contributed by atoms with Crippen LogP contribution in [0.2, 0.25) is 0 Å². The summed E-state index contributed by atoms with van der Waals surface area (Å²) in [6.45, 7) is 9.65. The minimum absolute atomic E-state index is 0.201. The Morgan fingerprint density at radius 1 is 0.862 bits per heavy atom. The van der Waals surface area contributed by atoms with Gasteiger partial charge in [-0.2, -0.15) is 4.98 Å². The minimum atomic E-state index is -0.201. The van der Waals surface area contributed by atoms with Crippen LogP contribution in [0.4, 0.5) is 27.5 Å². The van der Waals surface area contributed by atoms with E-state index in [2.05, 4.69) is 46.1 Å². The van der Waals surface area contributed by atoms with E-state index in [0.29, 0.717) is 5.95 Å². The van der Waals surface area contributed by atoms with E-state index < -0.39 is 0 Å². The Hall–Kier alpha value is -3.15. The largest absolute Gasteiger partial charge is 0.368 e. The summed E-state index contributed by atoms with van der Waals surface area (Å²) in [7, 11) is 0. The fraction of sp³-hybridized carbons (Fsp3) is 0.304. The van der Waals surface area contributed by atoms with Crippen LogP contribution in [0.3, 0.4) is 0 Å². The number of hydrogen-bond donors (Lipinski definition) is 1. The number of anilines is 4. The van der Waals surface area contributed by atoms with Crippen LogP contribution < -0.4 is 15.1 Å². The van der Waals surface area contributed by atoms with Gasteiger partial charge in [0.2, 0.25) is 5.95 Å². The second-order valence-electron chi connectivity index (χ2n) is 7.51. The highest BCUT2D eigenvalue weighted by Crippen LogP contribution is 2.24. The number of aryl methyl sites for hydroxylation is 2. The van der Waals surface area contributed by atoms with Gasteiger partial charge in [-0.25, -0.2) is 9.37 Å². The molecular weight excluding hydrogens is 365 g/mol. The van der Waals surface area contributed by atoms with Gasteiger partial charge in [0.1, 0.15) is 11.6 Å². The van der Waals surface area contributed by atoms with Crippen LogP contribution in [0.1, 0.15) is 16.8 Å². The summed E-state index contributed by atoms with van der Waals surface area (Å²) in [5.41, 5.74) is 5.46. The number of halogens is 1. The quantitative estimate of drug-likeness (QED) is 0.704. The molecule has 150 valence electrons. The predicted octanol–water partition coefficient (Wildman–Crippen LogP) is 4.61. The predicted molar refractivity (Wildman–Crippen MR) is 117 cm³/mol. The van der Waals surface area contributed by atoms with Gasteiger partial charge >= 0.3 is 0 Å². The van der Waals surface area contributed by atoms with E-state index in [0.717, 1.165) is 49.1 Å². The fourth-order valence-corrected chi connectivity index (χ4v) is 3.62. The van der Waals surface area contributed by atoms with Crippen molar-refractivity contribution in [1.29, 1.82) is 0 Å². The minimum Gasteiger partial charge on any atom is -0.368 e. The molecule has 0 radical (unpaired) electrons. The van der Waals surface area contributed by atoms with E-state index >= 15 is 0 Å². The second kappa shape index (κ2) is 8.07. The molecule has 1 N–H and O–H groups in total. The van der Waals surface area contributed by atoms with Crippen molar-refractivity contribution in [2.75, 3.05) is 41.3 Å². The molecule has 1 saturated heterocycles. The molecule has 1 aliphatic rings. The van der Waals surface area contributed by atoms with Crippen LogP contribution in [0.15, 0.2) is 48.5 Å². The molecule has 3 aromatic rings. The molecule has 6 heteroatoms. The summed E-state index contributed by atoms with van der Waals surface area (Å²) in [5.74, 6) is 1.35. The van der Waals surface area contributed by atoms with E-state index in [1.165, 1.54) is 23.3 Å². The molecule has 4 rings (SSSR count). The molecule has 0 spiro atoms. The number of aromatic nitrogens is 2. The Balaban J connectivity index is 1.48. The molecule has 2 aromatic carbocycles. The van der Waals surface area contributed by atoms with Crippen LogP contribution in [-0.2, 0) is 0 Å². The SMILES string of the molecule is Cc1cc(N2CCN(c3ccc(F)cc3)CC2)nc(Nc2cccc(C)c2C)n1. The highest BCUT2D eigenvalue weighted by atomic mass is 19.1. The third-order valence-corrected chi connectivity index (χ3v) is 5.49. The Bertz CT molecular complexity index is 995. The monoisotopic (exact) mass is 391 g/mol. The van der Waals surface area contributed by atoms with Gasteiger partial charge < -0.3 is 15.1 Å². The van der Waals surface area contributed by atoms with Gasteiger partial charge in [-0.05, 0) is 62.2 Å². The van der Waals surface area contributed by atoms with Crippen molar-refractivity contribution < 1.29 is 4.39 Å². The molecule has 29 heavy (non-hydrogen) atoms. The lowest BCUT2D eigenvalue weighted by Crippen LogP contribution is -2.46. The van der Waals surface area contributed by atoms with Crippen molar-refractivity contribution >= 4 is 23.1 Å². The van der Waals surface area contributed by atoms with E-state index in [9.17, 15) is 4.39 Å². The first-order valence-corrected chi connectivity index (χ1v) is 9.94. The number of nitrogens with one attached hydrogen (secondary N) is 1. The third kappa shape index (κ3) is 4.31. The summed E-state index contributed by atoms with van der Waals surface area (Å²) in [6.07, 6.45) is 0. The lowest BCUT2D eigenvalue weighted by atomic mass is 10.1. The zero-order chi connectivity index (χ0) is 20.4. The Morgan fingerprint density at radius 3 is 2.28 bits per heavy atom. The molecule has 1 fully saturated rings. The highest BCUT2D eigenvalue weighted by Gasteiger charge is 2.19. The zero-order valence-electron chi connectivity index (χ0n) is 17.1. The van der Waals surface area contributed by atoms with Gasteiger partial charge in [-0.1, -0.05) is 12.1 Å². The Labute approximate surface area is 171 Å². The van der Waals surface area contributed by atoms with E-state index in [1.807, 2.05) is 31.2 Å². The van der Waals surface area contributed by atoms with Crippen LogP contribution in [-0.4, -0.2) is 36.1 Å². The first kappa shape index (κ1) is 19.2. The smallest absolute Gasteiger partial charge is 0.229 e. The standard InChI is InChI=1S/C23H26FN5/c1-16-5-4-6-21(18(16)3)26-23-25-17(2)15-22(27-23)29-13-11-28(12-14-29)20-9-7-19(24)8-10-20/h4-10,15H,11-14H2,1-3H3,(H,25,26,27). The molecular formula is C23H26FN5. The fourth-order valence-electron chi connectivity index (χ4n) is 3.62. The Morgan fingerprint density at radius 2 is 1.55 bits per heavy atom. The maximum Gasteiger partial charge on any atom is 0.229 e. The lowest BCUT2D eigenvalue weighted by molar-refractivity contribution is 0.624. The van der Waals surface area contributed by atoms with Crippen molar-refractivity contribution in [3.05, 3.63) is 71.2 Å². The van der Waals surface area contributed by atoms with Gasteiger partial charge in [-0.15, -0.1) is 0 Å². The normalized spacial score (nSPS) is 14.2. The zero-order valence-corrected chi connectivity index (χ0v) is 17.1. The van der Waals surface area contributed by atoms with Crippen molar-refractivity contribution in [1.82, 2.24) is 9.97 Å². The van der Waals surface area contributed by atoms with E-state index in [-0.39, 0.29) is 5.82 Å². The lowest BCUT2D eigenvalue weighted by Gasteiger charge is -2.36. The van der Waals surface area contributed by atoms with Gasteiger partial charge in [0.25, 0.3) is 0 Å². The molecule has 0 atom stereocenters. The molecule has 0 amide bonds. The maximum atomic E-state index is 13.2. The molecule has 1 aliphatic heterocycles. The van der Waals surface area contributed by atoms with E-state index in [1.54, 1.807) is 0 Å². The van der Waals surface area contributed by atoms with Gasteiger partial charge in [-0.3, -0.25) is 0 Å². The first-order chi connectivity index (χ1) is 14.0. The maximum absolute atomic E-state index is 13.2. The first-order valence-electron chi connectivity index (χ1n) is 9.94. The second-order valence-corrected chi connectivity index (χ2v) is 7.51. The van der Waals surface area contributed by atoms with E-state index in [4.69, 9.17) is 4.98 Å². The average molecular weight is 391 g/mol. The molecule has 2 heterocycles. The van der Waals surface area contributed by atoms with Crippen LogP contribution in [0.25, 0.3) is 0 Å². The number of piperazine rings is 1. The van der Waals surface area contributed by atoms with Crippen molar-refractivity contribution in [2.45, 2.75) is 20.8 Å². The van der Waals surface area contributed by atoms with Crippen LogP contribution >= 0.6 is 0 Å². The number of benzene rings is 2. The number of nitrogens with zero attached hydrogens (tertiary/aromatic N) is 4. The molecule has 0 bridgehead atoms. The molecule has 0 unspecified atom stereocenters.